The third kappa shape index (κ3) is 3.96. The molecule has 0 spiro atoms. The fourth-order valence-corrected chi connectivity index (χ4v) is 1.95. The standard InChI is InChI=1S/C13H19NO4S/c1-5-18-12(15)10-6-8-11(9-7-10)14-19(16,17)13(2,3)4/h6-9,14H,5H2,1-4H3. The fraction of sp³-hybridized carbons (Fsp3) is 0.462. The van der Waals surface area contributed by atoms with Crippen LogP contribution in [0.5, 0.6) is 0 Å². The minimum absolute atomic E-state index is 0.303. The van der Waals surface area contributed by atoms with Gasteiger partial charge in [0.15, 0.2) is 0 Å². The predicted octanol–water partition coefficient (Wildman–Crippen LogP) is 2.40. The summed E-state index contributed by atoms with van der Waals surface area (Å²) in [6.07, 6.45) is 0. The molecule has 0 aromatic heterocycles. The Morgan fingerprint density at radius 3 is 2.16 bits per heavy atom. The summed E-state index contributed by atoms with van der Waals surface area (Å²) in [6, 6.07) is 6.13. The Bertz CT molecular complexity index is 541. The van der Waals surface area contributed by atoms with E-state index in [0.717, 1.165) is 0 Å². The lowest BCUT2D eigenvalue weighted by atomic mass is 10.2. The van der Waals surface area contributed by atoms with Crippen LogP contribution in [0.25, 0.3) is 0 Å². The van der Waals surface area contributed by atoms with Crippen molar-refractivity contribution in [3.8, 4) is 0 Å². The number of hydrogen-bond acceptors (Lipinski definition) is 4. The van der Waals surface area contributed by atoms with Crippen LogP contribution in [0.1, 0.15) is 38.1 Å². The Kier molecular flexibility index (Phi) is 4.57. The van der Waals surface area contributed by atoms with Crippen molar-refractivity contribution in [1.29, 1.82) is 0 Å². The lowest BCUT2D eigenvalue weighted by molar-refractivity contribution is 0.0526. The van der Waals surface area contributed by atoms with Crippen LogP contribution >= 0.6 is 0 Å². The Balaban J connectivity index is 2.87. The van der Waals surface area contributed by atoms with Gasteiger partial charge in [-0.15, -0.1) is 0 Å². The van der Waals surface area contributed by atoms with E-state index in [2.05, 4.69) is 4.72 Å². The van der Waals surface area contributed by atoms with Crippen LogP contribution in [-0.2, 0) is 14.8 Å². The molecule has 0 heterocycles. The van der Waals surface area contributed by atoms with Gasteiger partial charge in [0, 0.05) is 5.69 Å². The molecule has 0 aliphatic carbocycles. The van der Waals surface area contributed by atoms with Crippen molar-refractivity contribution >= 4 is 21.7 Å². The molecule has 6 heteroatoms. The van der Waals surface area contributed by atoms with E-state index in [4.69, 9.17) is 4.74 Å². The van der Waals surface area contributed by atoms with Gasteiger partial charge in [0.2, 0.25) is 10.0 Å². The van der Waals surface area contributed by atoms with Crippen molar-refractivity contribution in [3.05, 3.63) is 29.8 Å². The summed E-state index contributed by atoms with van der Waals surface area (Å²) >= 11 is 0. The summed E-state index contributed by atoms with van der Waals surface area (Å²) in [5.74, 6) is -0.423. The first-order valence-electron chi connectivity index (χ1n) is 5.97. The molecular formula is C13H19NO4S. The van der Waals surface area contributed by atoms with Crippen molar-refractivity contribution in [2.75, 3.05) is 11.3 Å². The van der Waals surface area contributed by atoms with Crippen LogP contribution in [0.3, 0.4) is 0 Å². The minimum atomic E-state index is -3.46. The monoisotopic (exact) mass is 285 g/mol. The van der Waals surface area contributed by atoms with Crippen molar-refractivity contribution in [1.82, 2.24) is 0 Å². The summed E-state index contributed by atoms with van der Waals surface area (Å²) in [6.45, 7) is 6.87. The smallest absolute Gasteiger partial charge is 0.338 e. The lowest BCUT2D eigenvalue weighted by Gasteiger charge is -2.20. The maximum absolute atomic E-state index is 11.9. The zero-order valence-electron chi connectivity index (χ0n) is 11.6. The maximum Gasteiger partial charge on any atom is 0.338 e. The first kappa shape index (κ1) is 15.5. The van der Waals surface area contributed by atoms with Crippen LogP contribution in [-0.4, -0.2) is 25.7 Å². The average Bonchev–Trinajstić information content (AvgIpc) is 2.28. The largest absolute Gasteiger partial charge is 0.462 e. The topological polar surface area (TPSA) is 72.5 Å². The first-order chi connectivity index (χ1) is 8.67. The third-order valence-electron chi connectivity index (χ3n) is 2.45. The molecule has 0 aliphatic rings. The van der Waals surface area contributed by atoms with Gasteiger partial charge in [0.05, 0.1) is 16.9 Å². The minimum Gasteiger partial charge on any atom is -0.462 e. The Labute approximate surface area is 114 Å². The van der Waals surface area contributed by atoms with Crippen molar-refractivity contribution in [2.24, 2.45) is 0 Å². The van der Waals surface area contributed by atoms with Gasteiger partial charge in [0.25, 0.3) is 0 Å². The third-order valence-corrected chi connectivity index (χ3v) is 4.57. The molecule has 1 N–H and O–H groups in total. The number of ether oxygens (including phenoxy) is 1. The van der Waals surface area contributed by atoms with Crippen molar-refractivity contribution in [2.45, 2.75) is 32.4 Å². The van der Waals surface area contributed by atoms with Crippen LogP contribution in [0, 0.1) is 0 Å². The van der Waals surface area contributed by atoms with Crippen LogP contribution in [0.4, 0.5) is 5.69 Å². The summed E-state index contributed by atoms with van der Waals surface area (Å²) in [4.78, 5) is 11.4. The molecule has 1 rings (SSSR count). The van der Waals surface area contributed by atoms with E-state index in [9.17, 15) is 13.2 Å². The van der Waals surface area contributed by atoms with E-state index in [-0.39, 0.29) is 0 Å². The van der Waals surface area contributed by atoms with E-state index < -0.39 is 20.7 Å². The number of rotatable bonds is 4. The molecule has 5 nitrogen and oxygen atoms in total. The number of carbonyl (C=O) groups is 1. The zero-order valence-corrected chi connectivity index (χ0v) is 12.4. The van der Waals surface area contributed by atoms with Crippen LogP contribution in [0.2, 0.25) is 0 Å². The molecule has 0 amide bonds. The zero-order chi connectivity index (χ0) is 14.7. The summed E-state index contributed by atoms with van der Waals surface area (Å²) in [5.41, 5.74) is 0.809. The normalized spacial score (nSPS) is 12.0. The van der Waals surface area contributed by atoms with Gasteiger partial charge in [-0.1, -0.05) is 0 Å². The molecule has 106 valence electrons. The Morgan fingerprint density at radius 2 is 1.74 bits per heavy atom. The van der Waals surface area contributed by atoms with Gasteiger partial charge in [0.1, 0.15) is 0 Å². The van der Waals surface area contributed by atoms with Gasteiger partial charge in [-0.3, -0.25) is 4.72 Å². The molecular weight excluding hydrogens is 266 g/mol. The quantitative estimate of drug-likeness (QED) is 0.862. The number of benzene rings is 1. The van der Waals surface area contributed by atoms with E-state index in [1.807, 2.05) is 0 Å². The lowest BCUT2D eigenvalue weighted by Crippen LogP contribution is -2.33. The van der Waals surface area contributed by atoms with Crippen LogP contribution < -0.4 is 4.72 Å². The molecule has 0 saturated carbocycles. The highest BCUT2D eigenvalue weighted by atomic mass is 32.2. The highest BCUT2D eigenvalue weighted by molar-refractivity contribution is 7.94. The first-order valence-corrected chi connectivity index (χ1v) is 7.45. The number of anilines is 1. The molecule has 0 radical (unpaired) electrons. The van der Waals surface area contributed by atoms with Crippen molar-refractivity contribution < 1.29 is 17.9 Å². The SMILES string of the molecule is CCOC(=O)c1ccc(NS(=O)(=O)C(C)(C)C)cc1. The van der Waals surface area contributed by atoms with Crippen LogP contribution in [0.15, 0.2) is 24.3 Å². The Morgan fingerprint density at radius 1 is 1.21 bits per heavy atom. The predicted molar refractivity (Wildman–Crippen MR) is 74.7 cm³/mol. The fourth-order valence-electron chi connectivity index (χ4n) is 1.20. The molecule has 1 aromatic rings. The number of carbonyl (C=O) groups excluding carboxylic acids is 1. The molecule has 0 saturated heterocycles. The van der Waals surface area contributed by atoms with Gasteiger partial charge >= 0.3 is 5.97 Å². The average molecular weight is 285 g/mol. The number of hydrogen-bond donors (Lipinski definition) is 1. The molecule has 19 heavy (non-hydrogen) atoms. The summed E-state index contributed by atoms with van der Waals surface area (Å²) in [7, 11) is -3.46. The van der Waals surface area contributed by atoms with E-state index >= 15 is 0 Å². The molecule has 0 atom stereocenters. The number of esters is 1. The highest BCUT2D eigenvalue weighted by Crippen LogP contribution is 2.19. The second-order valence-corrected chi connectivity index (χ2v) is 7.45. The van der Waals surface area contributed by atoms with Gasteiger partial charge in [-0.2, -0.15) is 0 Å². The molecule has 0 aliphatic heterocycles. The van der Waals surface area contributed by atoms with Crippen molar-refractivity contribution in [3.63, 3.8) is 0 Å². The van der Waals surface area contributed by atoms with Gasteiger partial charge in [-0.05, 0) is 52.0 Å². The molecule has 0 unspecified atom stereocenters. The van der Waals surface area contributed by atoms with E-state index in [0.29, 0.717) is 17.9 Å². The molecule has 1 aromatic carbocycles. The summed E-state index contributed by atoms with van der Waals surface area (Å²) in [5, 5.41) is 0. The summed E-state index contributed by atoms with van der Waals surface area (Å²) < 4.78 is 30.3. The maximum atomic E-state index is 11.9. The second kappa shape index (κ2) is 5.61. The van der Waals surface area contributed by atoms with Gasteiger partial charge < -0.3 is 4.74 Å². The highest BCUT2D eigenvalue weighted by Gasteiger charge is 2.28. The second-order valence-electron chi connectivity index (χ2n) is 5.02. The number of nitrogens with one attached hydrogen (secondary N) is 1. The van der Waals surface area contributed by atoms with Gasteiger partial charge in [-0.25, -0.2) is 13.2 Å². The molecule has 0 fully saturated rings. The number of sulfonamides is 1. The molecule has 0 bridgehead atoms. The van der Waals surface area contributed by atoms with E-state index in [1.54, 1.807) is 27.7 Å². The van der Waals surface area contributed by atoms with E-state index in [1.165, 1.54) is 24.3 Å². The Hall–Kier alpha value is -1.56.